The van der Waals surface area contributed by atoms with Gasteiger partial charge >= 0.3 is 0 Å². The molecule has 0 bridgehead atoms. The number of fused-ring (bicyclic) bond motifs is 1. The lowest BCUT2D eigenvalue weighted by Crippen LogP contribution is -2.46. The molecule has 9 nitrogen and oxygen atoms in total. The zero-order chi connectivity index (χ0) is 18.1. The molecule has 134 valence electrons. The van der Waals surface area contributed by atoms with Crippen molar-refractivity contribution >= 4 is 5.91 Å². The Morgan fingerprint density at radius 3 is 2.92 bits per heavy atom. The van der Waals surface area contributed by atoms with Crippen LogP contribution in [0.25, 0.3) is 5.82 Å². The molecule has 0 fully saturated rings. The highest BCUT2D eigenvalue weighted by Gasteiger charge is 2.27. The fourth-order valence-corrected chi connectivity index (χ4v) is 3.40. The molecule has 0 spiro atoms. The molecule has 1 N–H and O–H groups in total. The van der Waals surface area contributed by atoms with E-state index in [0.717, 1.165) is 13.0 Å². The van der Waals surface area contributed by atoms with Gasteiger partial charge in [0.05, 0.1) is 6.20 Å². The Bertz CT molecular complexity index is 903. The molecular weight excluding hydrogens is 332 g/mol. The number of benzene rings is 1. The number of nitrogens with zero attached hydrogens (tertiary/aromatic N) is 7. The van der Waals surface area contributed by atoms with E-state index in [1.54, 1.807) is 4.90 Å². The maximum atomic E-state index is 12.9. The van der Waals surface area contributed by atoms with Crippen LogP contribution < -0.4 is 0 Å². The highest BCUT2D eigenvalue weighted by Crippen LogP contribution is 2.23. The summed E-state index contributed by atoms with van der Waals surface area (Å²) < 4.78 is 1.40. The lowest BCUT2D eigenvalue weighted by Gasteiger charge is -2.36. The minimum absolute atomic E-state index is 0.114. The highest BCUT2D eigenvalue weighted by atomic mass is 16.2. The van der Waals surface area contributed by atoms with Crippen molar-refractivity contribution in [3.63, 3.8) is 0 Å². The molecule has 9 heteroatoms. The van der Waals surface area contributed by atoms with Crippen molar-refractivity contribution < 1.29 is 4.79 Å². The monoisotopic (exact) mass is 352 g/mol. The van der Waals surface area contributed by atoms with Crippen LogP contribution in [0, 0.1) is 0 Å². The van der Waals surface area contributed by atoms with Gasteiger partial charge in [0.1, 0.15) is 11.9 Å². The third-order valence-electron chi connectivity index (χ3n) is 4.88. The maximum Gasteiger partial charge on any atom is 0.259 e. The van der Waals surface area contributed by atoms with Gasteiger partial charge in [-0.05, 0) is 35.0 Å². The Hall–Kier alpha value is -3.07. The molecule has 0 saturated carbocycles. The molecule has 2 aromatic heterocycles. The summed E-state index contributed by atoms with van der Waals surface area (Å²) in [6.45, 7) is 1.52. The van der Waals surface area contributed by atoms with Crippen molar-refractivity contribution in [2.45, 2.75) is 19.0 Å². The third kappa shape index (κ3) is 2.97. The van der Waals surface area contributed by atoms with Crippen molar-refractivity contribution in [1.82, 2.24) is 40.2 Å². The maximum absolute atomic E-state index is 12.9. The summed E-state index contributed by atoms with van der Waals surface area (Å²) in [4.78, 5) is 16.9. The molecule has 4 rings (SSSR count). The first-order valence-electron chi connectivity index (χ1n) is 8.42. The number of hydrogen-bond acceptors (Lipinski definition) is 6. The second-order valence-corrected chi connectivity index (χ2v) is 6.61. The number of H-pyrrole nitrogens is 1. The zero-order valence-corrected chi connectivity index (χ0v) is 14.7. The van der Waals surface area contributed by atoms with Crippen LogP contribution in [-0.4, -0.2) is 72.8 Å². The molecule has 1 aliphatic heterocycles. The molecule has 3 aromatic rings. The number of tetrazole rings is 1. The molecule has 0 aliphatic carbocycles. The number of carbonyl (C=O) groups is 1. The van der Waals surface area contributed by atoms with Crippen LogP contribution in [0.5, 0.6) is 0 Å². The van der Waals surface area contributed by atoms with E-state index in [1.165, 1.54) is 28.3 Å². The second kappa shape index (κ2) is 6.68. The predicted molar refractivity (Wildman–Crippen MR) is 93.7 cm³/mol. The third-order valence-corrected chi connectivity index (χ3v) is 4.88. The van der Waals surface area contributed by atoms with Crippen molar-refractivity contribution in [1.29, 1.82) is 0 Å². The van der Waals surface area contributed by atoms with Crippen LogP contribution >= 0.6 is 0 Å². The van der Waals surface area contributed by atoms with Crippen molar-refractivity contribution in [3.8, 4) is 5.82 Å². The first-order valence-corrected chi connectivity index (χ1v) is 8.42. The number of hydrogen-bond donors (Lipinski definition) is 1. The number of rotatable bonds is 4. The molecular formula is C17H20N8O. The molecule has 26 heavy (non-hydrogen) atoms. The fraction of sp³-hybridized carbons (Fsp3) is 0.353. The number of amides is 1. The minimum atomic E-state index is -0.114. The molecule has 1 aromatic carbocycles. The quantitative estimate of drug-likeness (QED) is 0.735. The average molecular weight is 352 g/mol. The molecule has 1 amide bonds. The van der Waals surface area contributed by atoms with Gasteiger partial charge in [0.25, 0.3) is 5.91 Å². The SMILES string of the molecule is CN(C[C@@H]1Cc2ccccc2CN1C)C(=O)c1cn[nH]c1-n1cnnn1. The number of carbonyl (C=O) groups excluding carboxylic acids is 1. The van der Waals surface area contributed by atoms with Gasteiger partial charge in [-0.25, -0.2) is 0 Å². The summed E-state index contributed by atoms with van der Waals surface area (Å²) in [6.07, 6.45) is 3.86. The lowest BCUT2D eigenvalue weighted by atomic mass is 9.94. The van der Waals surface area contributed by atoms with Crippen molar-refractivity contribution in [2.24, 2.45) is 0 Å². The van der Waals surface area contributed by atoms with Crippen molar-refractivity contribution in [3.05, 3.63) is 53.5 Å². The standard InChI is InChI=1S/C17H20N8O/c1-23-9-13-6-4-3-5-12(13)7-14(23)10-24(2)17(26)15-8-18-20-16(15)25-11-19-21-22-25/h3-6,8,11,14H,7,9-10H2,1-2H3,(H,18,20)/t14-/m0/s1. The number of likely N-dealkylation sites (N-methyl/N-ethyl adjacent to an activating group) is 2. The summed E-state index contributed by atoms with van der Waals surface area (Å²) in [5.74, 6) is 0.353. The van der Waals surface area contributed by atoms with Gasteiger partial charge in [0.15, 0.2) is 5.82 Å². The van der Waals surface area contributed by atoms with Crippen LogP contribution in [-0.2, 0) is 13.0 Å². The topological polar surface area (TPSA) is 95.8 Å². The van der Waals surface area contributed by atoms with E-state index in [-0.39, 0.29) is 11.9 Å². The van der Waals surface area contributed by atoms with E-state index in [2.05, 4.69) is 61.9 Å². The Morgan fingerprint density at radius 1 is 1.35 bits per heavy atom. The number of aromatic nitrogens is 6. The molecule has 1 aliphatic rings. The van der Waals surface area contributed by atoms with Gasteiger partial charge in [0, 0.05) is 26.2 Å². The minimum Gasteiger partial charge on any atom is -0.340 e. The van der Waals surface area contributed by atoms with E-state index in [9.17, 15) is 4.79 Å². The average Bonchev–Trinajstić information content (AvgIpc) is 3.32. The second-order valence-electron chi connectivity index (χ2n) is 6.61. The fourth-order valence-electron chi connectivity index (χ4n) is 3.40. The first kappa shape index (κ1) is 16.4. The Morgan fingerprint density at radius 2 is 2.15 bits per heavy atom. The van der Waals surface area contributed by atoms with Gasteiger partial charge in [-0.15, -0.1) is 5.10 Å². The highest BCUT2D eigenvalue weighted by molar-refractivity contribution is 5.96. The summed E-state index contributed by atoms with van der Waals surface area (Å²) in [6, 6.07) is 8.74. The molecule has 0 unspecified atom stereocenters. The van der Waals surface area contributed by atoms with Crippen LogP contribution in [0.2, 0.25) is 0 Å². The largest absolute Gasteiger partial charge is 0.340 e. The molecule has 0 radical (unpaired) electrons. The van der Waals surface area contributed by atoms with Gasteiger partial charge in [0.2, 0.25) is 0 Å². The summed E-state index contributed by atoms with van der Waals surface area (Å²) in [7, 11) is 3.91. The smallest absolute Gasteiger partial charge is 0.259 e. The van der Waals surface area contributed by atoms with E-state index < -0.39 is 0 Å². The van der Waals surface area contributed by atoms with Gasteiger partial charge < -0.3 is 4.90 Å². The van der Waals surface area contributed by atoms with Gasteiger partial charge in [-0.3, -0.25) is 14.8 Å². The Labute approximate surface area is 150 Å². The molecule has 1 atom stereocenters. The first-order chi connectivity index (χ1) is 12.6. The summed E-state index contributed by atoms with van der Waals surface area (Å²) in [5, 5.41) is 17.8. The van der Waals surface area contributed by atoms with Crippen molar-refractivity contribution in [2.75, 3.05) is 20.6 Å². The Balaban J connectivity index is 1.50. The van der Waals surface area contributed by atoms with Crippen LogP contribution in [0.4, 0.5) is 0 Å². The lowest BCUT2D eigenvalue weighted by molar-refractivity contribution is 0.0733. The van der Waals surface area contributed by atoms with Crippen LogP contribution in [0.1, 0.15) is 21.5 Å². The summed E-state index contributed by atoms with van der Waals surface area (Å²) >= 11 is 0. The molecule has 3 heterocycles. The van der Waals surface area contributed by atoms with Gasteiger partial charge in [-0.1, -0.05) is 24.3 Å². The van der Waals surface area contributed by atoms with E-state index in [0.29, 0.717) is 17.9 Å². The zero-order valence-electron chi connectivity index (χ0n) is 14.7. The normalized spacial score (nSPS) is 17.1. The van der Waals surface area contributed by atoms with E-state index >= 15 is 0 Å². The number of aromatic amines is 1. The van der Waals surface area contributed by atoms with Gasteiger partial charge in [-0.2, -0.15) is 9.78 Å². The van der Waals surface area contributed by atoms with E-state index in [4.69, 9.17) is 0 Å². The van der Waals surface area contributed by atoms with Crippen LogP contribution in [0.3, 0.4) is 0 Å². The number of nitrogens with one attached hydrogen (secondary N) is 1. The predicted octanol–water partition coefficient (Wildman–Crippen LogP) is 0.514. The van der Waals surface area contributed by atoms with Crippen LogP contribution in [0.15, 0.2) is 36.8 Å². The summed E-state index contributed by atoms with van der Waals surface area (Å²) in [5.41, 5.74) is 3.16. The van der Waals surface area contributed by atoms with E-state index in [1.807, 2.05) is 7.05 Å². The molecule has 0 saturated heterocycles. The Kier molecular flexibility index (Phi) is 4.21.